The molecule has 15 aromatic rings. The quantitative estimate of drug-likeness (QED) is 0.166. The molecular weight excluding hydrogens is 805 g/mol. The number of hydrogen-bond acceptors (Lipinski definition) is 2. The average Bonchev–Trinajstić information content (AvgIpc) is 4.12. The summed E-state index contributed by atoms with van der Waals surface area (Å²) in [6, 6.07) is 79.3. The molecule has 11 aromatic carbocycles. The van der Waals surface area contributed by atoms with Gasteiger partial charge in [0.1, 0.15) is 22.3 Å². The second-order valence-corrected chi connectivity index (χ2v) is 17.7. The second-order valence-electron chi connectivity index (χ2n) is 17.7. The third-order valence-electron chi connectivity index (χ3n) is 14.0. The lowest BCUT2D eigenvalue weighted by molar-refractivity contribution is 0.668. The van der Waals surface area contributed by atoms with Gasteiger partial charge >= 0.3 is 0 Å². The first kappa shape index (κ1) is 35.6. The van der Waals surface area contributed by atoms with Crippen molar-refractivity contribution in [3.8, 4) is 33.6 Å². The highest BCUT2D eigenvalue weighted by atomic mass is 16.3. The first-order chi connectivity index (χ1) is 32.7. The normalized spacial score (nSPS) is 12.2. The summed E-state index contributed by atoms with van der Waals surface area (Å²) in [5, 5.41) is 14.2. The van der Waals surface area contributed by atoms with Crippen LogP contribution < -0.4 is 0 Å². The summed E-state index contributed by atoms with van der Waals surface area (Å²) < 4.78 is 17.8. The molecule has 4 aromatic heterocycles. The van der Waals surface area contributed by atoms with Crippen LogP contribution in [0.2, 0.25) is 0 Å². The molecule has 4 nitrogen and oxygen atoms in total. The predicted molar refractivity (Wildman–Crippen MR) is 276 cm³/mol. The van der Waals surface area contributed by atoms with Crippen LogP contribution in [0.5, 0.6) is 0 Å². The zero-order chi connectivity index (χ0) is 43.0. The lowest BCUT2D eigenvalue weighted by Crippen LogP contribution is -1.93. The van der Waals surface area contributed by atoms with E-state index in [4.69, 9.17) is 8.83 Å². The van der Waals surface area contributed by atoms with Gasteiger partial charge in [0, 0.05) is 54.5 Å². The maximum atomic E-state index is 6.55. The maximum absolute atomic E-state index is 6.55. The van der Waals surface area contributed by atoms with Gasteiger partial charge in [-0.15, -0.1) is 0 Å². The molecule has 0 amide bonds. The molecule has 306 valence electrons. The molecule has 0 aliphatic carbocycles. The van der Waals surface area contributed by atoms with Crippen molar-refractivity contribution < 1.29 is 8.83 Å². The number of rotatable bonds is 4. The minimum Gasteiger partial charge on any atom is -0.456 e. The fourth-order valence-electron chi connectivity index (χ4n) is 11.0. The van der Waals surface area contributed by atoms with E-state index in [1.165, 1.54) is 70.7 Å². The number of hydrogen-bond donors (Lipinski definition) is 0. The van der Waals surface area contributed by atoms with Crippen LogP contribution in [0.3, 0.4) is 0 Å². The maximum Gasteiger partial charge on any atom is 0.135 e. The highest BCUT2D eigenvalue weighted by Crippen LogP contribution is 2.42. The Morgan fingerprint density at radius 3 is 1.17 bits per heavy atom. The fourth-order valence-corrected chi connectivity index (χ4v) is 11.0. The Kier molecular flexibility index (Phi) is 7.19. The molecule has 0 N–H and O–H groups in total. The minimum atomic E-state index is 0.872. The van der Waals surface area contributed by atoms with Crippen LogP contribution in [0, 0.1) is 0 Å². The lowest BCUT2D eigenvalue weighted by Gasteiger charge is -2.13. The van der Waals surface area contributed by atoms with E-state index in [0.717, 1.165) is 71.9 Å². The smallest absolute Gasteiger partial charge is 0.135 e. The van der Waals surface area contributed by atoms with Gasteiger partial charge in [0.2, 0.25) is 0 Å². The van der Waals surface area contributed by atoms with Crippen LogP contribution in [0.1, 0.15) is 0 Å². The predicted octanol–water partition coefficient (Wildman–Crippen LogP) is 17.3. The Balaban J connectivity index is 0.916. The van der Waals surface area contributed by atoms with Gasteiger partial charge < -0.3 is 18.0 Å². The monoisotopic (exact) mass is 840 g/mol. The number of aromatic nitrogens is 2. The molecule has 4 heteroatoms. The van der Waals surface area contributed by atoms with Crippen molar-refractivity contribution in [1.29, 1.82) is 0 Å². The van der Waals surface area contributed by atoms with Crippen molar-refractivity contribution in [3.05, 3.63) is 218 Å². The van der Waals surface area contributed by atoms with Crippen molar-refractivity contribution in [2.75, 3.05) is 0 Å². The number of fused-ring (bicyclic) bond motifs is 14. The summed E-state index contributed by atoms with van der Waals surface area (Å²) >= 11 is 0. The standard InChI is InChI=1S/C62H36N2O2/c1-2-12-38-31-50-42(29-37(38)11-1)30-41(39-21-25-59-51(32-39)53-35-43(23-27-61(53)65-59)63-55-17-7-3-13-45(55)46-14-4-8-18-56(46)63)34-49(50)40-22-26-60-52(33-40)54-36-44(24-28-62(54)66-60)64-57-19-9-5-15-47(57)48-16-6-10-20-58(48)64/h1-36H. The van der Waals surface area contributed by atoms with Gasteiger partial charge in [-0.2, -0.15) is 0 Å². The van der Waals surface area contributed by atoms with Crippen LogP contribution in [0.4, 0.5) is 0 Å². The van der Waals surface area contributed by atoms with Gasteiger partial charge in [0.05, 0.1) is 22.1 Å². The summed E-state index contributed by atoms with van der Waals surface area (Å²) in [5.41, 5.74) is 15.1. The molecule has 66 heavy (non-hydrogen) atoms. The molecule has 0 spiro atoms. The van der Waals surface area contributed by atoms with Gasteiger partial charge in [0.25, 0.3) is 0 Å². The Bertz CT molecular complexity index is 4430. The summed E-state index contributed by atoms with van der Waals surface area (Å²) in [4.78, 5) is 0. The molecule has 15 rings (SSSR count). The second kappa shape index (κ2) is 13.3. The van der Waals surface area contributed by atoms with E-state index in [1.807, 2.05) is 0 Å². The van der Waals surface area contributed by atoms with Crippen LogP contribution >= 0.6 is 0 Å². The largest absolute Gasteiger partial charge is 0.456 e. The highest BCUT2D eigenvalue weighted by molar-refractivity contribution is 6.14. The summed E-state index contributed by atoms with van der Waals surface area (Å²) in [6.45, 7) is 0. The van der Waals surface area contributed by atoms with E-state index in [-0.39, 0.29) is 0 Å². The van der Waals surface area contributed by atoms with Crippen molar-refractivity contribution in [2.24, 2.45) is 0 Å². The third kappa shape index (κ3) is 5.09. The first-order valence-corrected chi connectivity index (χ1v) is 22.6. The Morgan fingerprint density at radius 2 is 0.652 bits per heavy atom. The number of benzene rings is 11. The van der Waals surface area contributed by atoms with Crippen LogP contribution in [0.25, 0.3) is 143 Å². The number of para-hydroxylation sites is 4. The molecule has 0 radical (unpaired) electrons. The highest BCUT2D eigenvalue weighted by Gasteiger charge is 2.19. The molecule has 4 heterocycles. The van der Waals surface area contributed by atoms with E-state index in [9.17, 15) is 0 Å². The lowest BCUT2D eigenvalue weighted by atomic mass is 9.90. The van der Waals surface area contributed by atoms with Crippen molar-refractivity contribution in [1.82, 2.24) is 9.13 Å². The summed E-state index contributed by atoms with van der Waals surface area (Å²) in [6.07, 6.45) is 0. The van der Waals surface area contributed by atoms with Crippen molar-refractivity contribution in [3.63, 3.8) is 0 Å². The van der Waals surface area contributed by atoms with Crippen LogP contribution in [-0.2, 0) is 0 Å². The Labute approximate surface area is 377 Å². The first-order valence-electron chi connectivity index (χ1n) is 22.6. The topological polar surface area (TPSA) is 36.1 Å². The van der Waals surface area contributed by atoms with Crippen molar-refractivity contribution in [2.45, 2.75) is 0 Å². The Hall–Kier alpha value is -8.86. The van der Waals surface area contributed by atoms with E-state index in [0.29, 0.717) is 0 Å². The molecule has 0 saturated heterocycles. The zero-order valence-electron chi connectivity index (χ0n) is 35.5. The third-order valence-corrected chi connectivity index (χ3v) is 14.0. The van der Waals surface area contributed by atoms with Crippen LogP contribution in [-0.4, -0.2) is 9.13 Å². The molecule has 0 aliphatic heterocycles. The van der Waals surface area contributed by atoms with Gasteiger partial charge in [-0.05, 0) is 153 Å². The molecule has 0 atom stereocenters. The number of furan rings is 2. The van der Waals surface area contributed by atoms with Gasteiger partial charge in [-0.1, -0.05) is 109 Å². The van der Waals surface area contributed by atoms with Gasteiger partial charge in [-0.25, -0.2) is 0 Å². The van der Waals surface area contributed by atoms with Crippen molar-refractivity contribution >= 4 is 109 Å². The van der Waals surface area contributed by atoms with E-state index in [1.54, 1.807) is 0 Å². The Morgan fingerprint density at radius 1 is 0.242 bits per heavy atom. The zero-order valence-corrected chi connectivity index (χ0v) is 35.5. The van der Waals surface area contributed by atoms with Gasteiger partial charge in [-0.3, -0.25) is 0 Å². The summed E-state index contributed by atoms with van der Waals surface area (Å²) in [7, 11) is 0. The van der Waals surface area contributed by atoms with E-state index < -0.39 is 0 Å². The van der Waals surface area contributed by atoms with E-state index >= 15 is 0 Å². The molecular formula is C62H36N2O2. The average molecular weight is 841 g/mol. The molecule has 0 fully saturated rings. The minimum absolute atomic E-state index is 0.872. The summed E-state index contributed by atoms with van der Waals surface area (Å²) in [5.74, 6) is 0. The van der Waals surface area contributed by atoms with E-state index in [2.05, 4.69) is 228 Å². The molecule has 0 aliphatic rings. The molecule has 0 unspecified atom stereocenters. The SMILES string of the molecule is c1ccc2cc3c(-c4ccc5oc6ccc(-n7c8ccccc8c8ccccc87)cc6c5c4)cc(-c4ccc5oc6ccc(-n7c8ccccc8c8ccccc87)cc6c5c4)cc3cc2c1. The molecule has 0 bridgehead atoms. The van der Waals surface area contributed by atoms with Gasteiger partial charge in [0.15, 0.2) is 0 Å². The fraction of sp³-hybridized carbons (Fsp3) is 0. The molecule has 0 saturated carbocycles. The number of nitrogens with zero attached hydrogens (tertiary/aromatic N) is 2. The van der Waals surface area contributed by atoms with Crippen LogP contribution in [0.15, 0.2) is 227 Å².